The summed E-state index contributed by atoms with van der Waals surface area (Å²) in [5.74, 6) is 0. The summed E-state index contributed by atoms with van der Waals surface area (Å²) < 4.78 is 2.42. The molecule has 0 aliphatic heterocycles. The molecule has 2 unspecified atom stereocenters. The highest BCUT2D eigenvalue weighted by molar-refractivity contribution is 7.13. The van der Waals surface area contributed by atoms with E-state index < -0.39 is 8.07 Å². The number of nitrogens with zero attached hydrogens (tertiary/aromatic N) is 1. The molecule has 216 valence electrons. The topological polar surface area (TPSA) is 4.93 Å². The van der Waals surface area contributed by atoms with Gasteiger partial charge in [0.25, 0.3) is 0 Å². The summed E-state index contributed by atoms with van der Waals surface area (Å²) in [4.78, 5) is 0. The first-order valence-electron chi connectivity index (χ1n) is 15.8. The van der Waals surface area contributed by atoms with Crippen molar-refractivity contribution in [3.05, 3.63) is 182 Å². The molecule has 0 saturated carbocycles. The molecule has 1 aliphatic carbocycles. The van der Waals surface area contributed by atoms with E-state index in [4.69, 9.17) is 0 Å². The first kappa shape index (κ1) is 27.4. The minimum atomic E-state index is -2.69. The van der Waals surface area contributed by atoms with Gasteiger partial charge in [0.05, 0.1) is 11.0 Å². The molecule has 0 N–H and O–H groups in total. The van der Waals surface area contributed by atoms with E-state index in [1.165, 1.54) is 54.2 Å². The third-order valence-corrected chi connectivity index (χ3v) is 15.5. The molecule has 7 aromatic rings. The van der Waals surface area contributed by atoms with Gasteiger partial charge in [-0.15, -0.1) is 0 Å². The van der Waals surface area contributed by atoms with Crippen LogP contribution in [-0.4, -0.2) is 12.6 Å². The number of fused-ring (bicyclic) bond motifs is 3. The molecule has 45 heavy (non-hydrogen) atoms. The lowest BCUT2D eigenvalue weighted by Gasteiger charge is -2.47. The van der Waals surface area contributed by atoms with E-state index in [0.29, 0.717) is 0 Å². The predicted molar refractivity (Wildman–Crippen MR) is 195 cm³/mol. The number of hydrogen-bond donors (Lipinski definition) is 0. The van der Waals surface area contributed by atoms with Crippen LogP contribution in [0.4, 0.5) is 0 Å². The molecule has 0 radical (unpaired) electrons. The van der Waals surface area contributed by atoms with E-state index in [1.54, 1.807) is 0 Å². The van der Waals surface area contributed by atoms with Crippen LogP contribution in [0.2, 0.25) is 5.04 Å². The lowest BCUT2D eigenvalue weighted by Crippen LogP contribution is -2.73. The quantitative estimate of drug-likeness (QED) is 0.134. The predicted octanol–water partition coefficient (Wildman–Crippen LogP) is 9.20. The van der Waals surface area contributed by atoms with Crippen molar-refractivity contribution in [1.29, 1.82) is 0 Å². The summed E-state index contributed by atoms with van der Waals surface area (Å²) in [6.07, 6.45) is 10.3. The molecule has 1 aliphatic rings. The van der Waals surface area contributed by atoms with Crippen LogP contribution in [0, 0.1) is 0 Å². The van der Waals surface area contributed by atoms with E-state index in [2.05, 4.69) is 194 Å². The second-order valence-electron chi connectivity index (χ2n) is 12.4. The van der Waals surface area contributed by atoms with Gasteiger partial charge in [-0.2, -0.15) is 0 Å². The van der Waals surface area contributed by atoms with E-state index in [0.717, 1.165) is 6.42 Å². The Bertz CT molecular complexity index is 2180. The van der Waals surface area contributed by atoms with Gasteiger partial charge >= 0.3 is 0 Å². The van der Waals surface area contributed by atoms with Crippen LogP contribution < -0.4 is 15.6 Å². The maximum Gasteiger partial charge on any atom is 0.158 e. The lowest BCUT2D eigenvalue weighted by molar-refractivity contribution is 0.739. The van der Waals surface area contributed by atoms with Crippen LogP contribution >= 0.6 is 0 Å². The fraction of sp³-hybridized carbons (Fsp3) is 0.0698. The first-order chi connectivity index (χ1) is 22.2. The Morgan fingerprint density at radius 2 is 1.09 bits per heavy atom. The van der Waals surface area contributed by atoms with Gasteiger partial charge in [0, 0.05) is 16.5 Å². The molecular formula is C43H35NSi. The average molecular weight is 594 g/mol. The van der Waals surface area contributed by atoms with Crippen molar-refractivity contribution >= 4 is 45.4 Å². The van der Waals surface area contributed by atoms with E-state index in [1.807, 2.05) is 0 Å². The third kappa shape index (κ3) is 4.36. The summed E-state index contributed by atoms with van der Waals surface area (Å²) in [6.45, 7) is 2.49. The van der Waals surface area contributed by atoms with Gasteiger partial charge in [0.2, 0.25) is 0 Å². The minimum Gasteiger partial charge on any atom is -0.309 e. The first-order valence-corrected chi connectivity index (χ1v) is 17.8. The van der Waals surface area contributed by atoms with Crippen molar-refractivity contribution in [2.75, 3.05) is 0 Å². The van der Waals surface area contributed by atoms with E-state index >= 15 is 0 Å². The van der Waals surface area contributed by atoms with Gasteiger partial charge in [0.15, 0.2) is 8.07 Å². The molecule has 1 aromatic heterocycles. The Morgan fingerprint density at radius 3 is 1.80 bits per heavy atom. The van der Waals surface area contributed by atoms with Crippen LogP contribution in [-0.2, 0) is 0 Å². The molecule has 6 aromatic carbocycles. The van der Waals surface area contributed by atoms with Crippen molar-refractivity contribution in [1.82, 2.24) is 4.57 Å². The van der Waals surface area contributed by atoms with Gasteiger partial charge in [-0.25, -0.2) is 0 Å². The molecule has 0 fully saturated rings. The van der Waals surface area contributed by atoms with E-state index in [9.17, 15) is 0 Å². The van der Waals surface area contributed by atoms with Crippen molar-refractivity contribution in [3.8, 4) is 16.8 Å². The smallest absolute Gasteiger partial charge is 0.158 e. The normalized spacial score (nSPS) is 17.4. The summed E-state index contributed by atoms with van der Waals surface area (Å²) in [6, 6.07) is 58.6. The Hall–Kier alpha value is -5.18. The minimum absolute atomic E-state index is 0.0805. The van der Waals surface area contributed by atoms with Crippen molar-refractivity contribution in [2.45, 2.75) is 18.4 Å². The zero-order chi connectivity index (χ0) is 30.3. The standard InChI is InChI=1S/C43H35NSi/c1-43(30-14-5-15-31-43)45(36-20-10-4-11-21-36,37-26-24-34(25-27-37)33-16-6-2-7-17-33)38-28-29-42-40(32-38)39-22-12-13-23-41(39)44(42)35-18-8-3-9-19-35/h2-30,32H,31H2,1H3. The number of para-hydroxylation sites is 2. The van der Waals surface area contributed by atoms with Gasteiger partial charge < -0.3 is 4.57 Å². The molecule has 0 saturated heterocycles. The number of allylic oxidation sites excluding steroid dienone is 4. The number of rotatable bonds is 6. The Labute approximate surface area is 266 Å². The van der Waals surface area contributed by atoms with Crippen molar-refractivity contribution in [2.24, 2.45) is 0 Å². The number of aromatic nitrogens is 1. The summed E-state index contributed by atoms with van der Waals surface area (Å²) >= 11 is 0. The zero-order valence-corrected chi connectivity index (χ0v) is 26.5. The average Bonchev–Trinajstić information content (AvgIpc) is 3.44. The summed E-state index contributed by atoms with van der Waals surface area (Å²) in [7, 11) is -2.69. The Balaban J connectivity index is 1.44. The lowest BCUT2D eigenvalue weighted by atomic mass is 10.0. The van der Waals surface area contributed by atoms with Crippen LogP contribution in [0.1, 0.15) is 13.3 Å². The fourth-order valence-corrected chi connectivity index (χ4v) is 13.6. The Kier molecular flexibility index (Phi) is 6.73. The summed E-state index contributed by atoms with van der Waals surface area (Å²) in [5.41, 5.74) is 6.16. The highest BCUT2D eigenvalue weighted by Crippen LogP contribution is 2.45. The molecule has 0 bridgehead atoms. The highest BCUT2D eigenvalue weighted by atomic mass is 28.3. The molecule has 0 amide bonds. The second-order valence-corrected chi connectivity index (χ2v) is 16.8. The molecular weight excluding hydrogens is 559 g/mol. The van der Waals surface area contributed by atoms with Crippen LogP contribution in [0.25, 0.3) is 38.6 Å². The second kappa shape index (κ2) is 11.1. The molecule has 2 heteroatoms. The Morgan fingerprint density at radius 1 is 0.511 bits per heavy atom. The molecule has 2 atom stereocenters. The van der Waals surface area contributed by atoms with Gasteiger partial charge in [-0.1, -0.05) is 165 Å². The maximum atomic E-state index is 2.54. The van der Waals surface area contributed by atoms with Crippen LogP contribution in [0.3, 0.4) is 0 Å². The van der Waals surface area contributed by atoms with Crippen LogP contribution in [0.15, 0.2) is 182 Å². The molecule has 1 heterocycles. The molecule has 0 spiro atoms. The largest absolute Gasteiger partial charge is 0.309 e. The van der Waals surface area contributed by atoms with Crippen LogP contribution in [0.5, 0.6) is 0 Å². The van der Waals surface area contributed by atoms with E-state index in [-0.39, 0.29) is 5.04 Å². The molecule has 1 nitrogen and oxygen atoms in total. The number of benzene rings is 6. The van der Waals surface area contributed by atoms with Crippen molar-refractivity contribution < 1.29 is 0 Å². The third-order valence-electron chi connectivity index (χ3n) is 9.86. The van der Waals surface area contributed by atoms with Gasteiger partial charge in [-0.05, 0) is 62.4 Å². The van der Waals surface area contributed by atoms with Crippen molar-refractivity contribution in [3.63, 3.8) is 0 Å². The SMILES string of the molecule is CC1([Si](c2ccccc2)(c2ccc(-c3ccccc3)cc2)c2ccc3c(c2)c2ccccc2n3-c2ccccc2)C=CC=CC1. The highest BCUT2D eigenvalue weighted by Gasteiger charge is 2.52. The zero-order valence-electron chi connectivity index (χ0n) is 25.5. The molecule has 8 rings (SSSR count). The summed E-state index contributed by atoms with van der Waals surface area (Å²) in [5, 5.41) is 6.82. The van der Waals surface area contributed by atoms with Gasteiger partial charge in [-0.3, -0.25) is 0 Å². The maximum absolute atomic E-state index is 2.69. The monoisotopic (exact) mass is 593 g/mol. The number of hydrogen-bond acceptors (Lipinski definition) is 0. The fourth-order valence-electron chi connectivity index (χ4n) is 7.79. The van der Waals surface area contributed by atoms with Gasteiger partial charge in [0.1, 0.15) is 0 Å².